The van der Waals surface area contributed by atoms with E-state index in [2.05, 4.69) is 13.0 Å². The predicted molar refractivity (Wildman–Crippen MR) is 118 cm³/mol. The number of allylic oxidation sites excluding steroid dienone is 8. The summed E-state index contributed by atoms with van der Waals surface area (Å²) in [6.07, 6.45) is 14.2. The number of hydrogen-bond donors (Lipinski definition) is 1. The maximum Gasteiger partial charge on any atom is 0.426 e. The van der Waals surface area contributed by atoms with E-state index in [9.17, 15) is 5.11 Å². The summed E-state index contributed by atoms with van der Waals surface area (Å²) in [6, 6.07) is 0. The van der Waals surface area contributed by atoms with E-state index >= 15 is 8.78 Å². The Morgan fingerprint density at radius 2 is 1.50 bits per heavy atom. The van der Waals surface area contributed by atoms with Gasteiger partial charge in [0, 0.05) is 10.8 Å². The van der Waals surface area contributed by atoms with Crippen molar-refractivity contribution < 1.29 is 18.6 Å². The largest absolute Gasteiger partial charge is 0.508 e. The number of rotatable bonds is 4. The van der Waals surface area contributed by atoms with Crippen molar-refractivity contribution in [1.29, 1.82) is 0 Å². The summed E-state index contributed by atoms with van der Waals surface area (Å²) in [5.74, 6) is 1.25. The number of alkyl halides is 2. The van der Waals surface area contributed by atoms with Crippen LogP contribution in [-0.2, 0) is 4.74 Å². The van der Waals surface area contributed by atoms with Crippen LogP contribution in [0, 0.1) is 22.7 Å². The van der Waals surface area contributed by atoms with Crippen molar-refractivity contribution >= 4 is 0 Å². The van der Waals surface area contributed by atoms with Crippen LogP contribution < -0.4 is 0 Å². The number of aliphatic hydroxyl groups is 1. The molecule has 0 saturated heterocycles. The minimum absolute atomic E-state index is 0.0310. The van der Waals surface area contributed by atoms with E-state index < -0.39 is 16.9 Å². The van der Waals surface area contributed by atoms with Crippen molar-refractivity contribution in [3.63, 3.8) is 0 Å². The summed E-state index contributed by atoms with van der Waals surface area (Å²) < 4.78 is 35.6. The van der Waals surface area contributed by atoms with Crippen LogP contribution in [0.4, 0.5) is 8.78 Å². The topological polar surface area (TPSA) is 29.5 Å². The first-order valence-corrected chi connectivity index (χ1v) is 10.9. The molecule has 0 radical (unpaired) electrons. The molecule has 0 amide bonds. The molecule has 3 rings (SSSR count). The molecule has 0 heterocycles. The highest BCUT2D eigenvalue weighted by Crippen LogP contribution is 2.41. The Labute approximate surface area is 179 Å². The Bertz CT molecular complexity index is 842. The molecule has 0 aromatic heterocycles. The Morgan fingerprint density at radius 1 is 0.867 bits per heavy atom. The minimum atomic E-state index is -3.48. The van der Waals surface area contributed by atoms with E-state index in [1.54, 1.807) is 18.2 Å². The molecule has 2 nitrogen and oxygen atoms in total. The van der Waals surface area contributed by atoms with Gasteiger partial charge in [0.15, 0.2) is 0 Å². The smallest absolute Gasteiger partial charge is 0.426 e. The number of ether oxygens (including phenoxy) is 1. The van der Waals surface area contributed by atoms with Gasteiger partial charge in [-0.15, -0.1) is 0 Å². The van der Waals surface area contributed by atoms with Crippen molar-refractivity contribution in [1.82, 2.24) is 0 Å². The second-order valence-corrected chi connectivity index (χ2v) is 10.2. The first-order valence-electron chi connectivity index (χ1n) is 10.9. The molecular formula is C26H34F2O2. The van der Waals surface area contributed by atoms with Gasteiger partial charge in [-0.25, -0.2) is 0 Å². The number of halogens is 2. The van der Waals surface area contributed by atoms with Crippen LogP contribution in [0.5, 0.6) is 0 Å². The highest BCUT2D eigenvalue weighted by molar-refractivity contribution is 5.40. The molecule has 1 fully saturated rings. The molecule has 1 N–H and O–H groups in total. The average Bonchev–Trinajstić information content (AvgIpc) is 2.85. The van der Waals surface area contributed by atoms with E-state index in [0.29, 0.717) is 5.92 Å². The lowest BCUT2D eigenvalue weighted by molar-refractivity contribution is -0.177. The lowest BCUT2D eigenvalue weighted by atomic mass is 9.77. The van der Waals surface area contributed by atoms with Gasteiger partial charge in [0.2, 0.25) is 0 Å². The van der Waals surface area contributed by atoms with Crippen molar-refractivity contribution in [2.45, 2.75) is 66.4 Å². The molecule has 0 aromatic carbocycles. The lowest BCUT2D eigenvalue weighted by Crippen LogP contribution is -2.24. The zero-order chi connectivity index (χ0) is 22.2. The lowest BCUT2D eigenvalue weighted by Gasteiger charge is -2.28. The zero-order valence-electron chi connectivity index (χ0n) is 18.7. The summed E-state index contributed by atoms with van der Waals surface area (Å²) in [5.41, 5.74) is -0.0931. The van der Waals surface area contributed by atoms with Crippen LogP contribution in [0.2, 0.25) is 0 Å². The van der Waals surface area contributed by atoms with Crippen LogP contribution in [0.1, 0.15) is 60.3 Å². The monoisotopic (exact) mass is 416 g/mol. The average molecular weight is 417 g/mol. The molecule has 4 heteroatoms. The highest BCUT2D eigenvalue weighted by Gasteiger charge is 2.39. The molecule has 0 aromatic rings. The Hall–Kier alpha value is -2.10. The maximum absolute atomic E-state index is 15.2. The molecule has 164 valence electrons. The van der Waals surface area contributed by atoms with Crippen LogP contribution >= 0.6 is 0 Å². The number of aliphatic hydroxyl groups excluding tert-OH is 1. The van der Waals surface area contributed by atoms with Gasteiger partial charge in [-0.05, 0) is 60.6 Å². The van der Waals surface area contributed by atoms with Gasteiger partial charge in [0.1, 0.15) is 11.5 Å². The Balaban J connectivity index is 1.83. The van der Waals surface area contributed by atoms with E-state index in [1.807, 2.05) is 33.8 Å². The van der Waals surface area contributed by atoms with E-state index in [-0.39, 0.29) is 17.1 Å². The first kappa shape index (κ1) is 22.6. The van der Waals surface area contributed by atoms with Gasteiger partial charge >= 0.3 is 6.11 Å². The summed E-state index contributed by atoms with van der Waals surface area (Å²) >= 11 is 0. The summed E-state index contributed by atoms with van der Waals surface area (Å²) in [5, 5.41) is 9.83. The van der Waals surface area contributed by atoms with E-state index in [0.717, 1.165) is 24.3 Å². The first-order chi connectivity index (χ1) is 13.9. The van der Waals surface area contributed by atoms with E-state index in [1.165, 1.54) is 31.1 Å². The van der Waals surface area contributed by atoms with Crippen molar-refractivity contribution in [2.75, 3.05) is 0 Å². The molecule has 0 bridgehead atoms. The Morgan fingerprint density at radius 3 is 2.17 bits per heavy atom. The van der Waals surface area contributed by atoms with Gasteiger partial charge < -0.3 is 9.84 Å². The van der Waals surface area contributed by atoms with Gasteiger partial charge in [-0.3, -0.25) is 0 Å². The third-order valence-corrected chi connectivity index (χ3v) is 6.04. The van der Waals surface area contributed by atoms with Crippen LogP contribution in [-0.4, -0.2) is 11.2 Å². The van der Waals surface area contributed by atoms with E-state index in [4.69, 9.17) is 4.74 Å². The molecule has 3 aliphatic rings. The molecule has 30 heavy (non-hydrogen) atoms. The van der Waals surface area contributed by atoms with Crippen molar-refractivity contribution in [3.05, 3.63) is 71.3 Å². The molecule has 0 unspecified atom stereocenters. The summed E-state index contributed by atoms with van der Waals surface area (Å²) in [4.78, 5) is 0. The van der Waals surface area contributed by atoms with Crippen LogP contribution in [0.3, 0.4) is 0 Å². The van der Waals surface area contributed by atoms with Gasteiger partial charge in [0.25, 0.3) is 0 Å². The standard InChI is InChI=1S/C26H34F2O2/c1-18-6-8-19(9-7-18)20-10-11-21(15-24(2,3)14-20)26(27,28)30-23-13-12-22(29)16-25(4,5)17-23/h10-19,29H,6-9H2,1-5H3. The Kier molecular flexibility index (Phi) is 6.18. The molecule has 1 saturated carbocycles. The van der Waals surface area contributed by atoms with Crippen LogP contribution in [0.15, 0.2) is 71.3 Å². The fourth-order valence-electron chi connectivity index (χ4n) is 4.51. The predicted octanol–water partition coefficient (Wildman–Crippen LogP) is 7.79. The quantitative estimate of drug-likeness (QED) is 0.507. The second-order valence-electron chi connectivity index (χ2n) is 10.2. The second kappa shape index (κ2) is 8.20. The summed E-state index contributed by atoms with van der Waals surface area (Å²) in [7, 11) is 0. The molecule has 3 aliphatic carbocycles. The molecular weight excluding hydrogens is 382 g/mol. The van der Waals surface area contributed by atoms with Gasteiger partial charge in [0.05, 0.1) is 5.57 Å². The maximum atomic E-state index is 15.2. The summed E-state index contributed by atoms with van der Waals surface area (Å²) in [6.45, 7) is 9.84. The zero-order valence-corrected chi connectivity index (χ0v) is 18.7. The van der Waals surface area contributed by atoms with Crippen molar-refractivity contribution in [2.24, 2.45) is 22.7 Å². The molecule has 0 aliphatic heterocycles. The SMILES string of the molecule is CC1CCC(C2=CC(C)(C)C=C(C(F)(F)OC3=CC(C)(C)C=C(O)C=C3)C=C2)CC1. The fourth-order valence-corrected chi connectivity index (χ4v) is 4.51. The van der Waals surface area contributed by atoms with Gasteiger partial charge in [-0.2, -0.15) is 8.78 Å². The third-order valence-electron chi connectivity index (χ3n) is 6.04. The normalized spacial score (nSPS) is 28.5. The third kappa shape index (κ3) is 5.74. The van der Waals surface area contributed by atoms with Gasteiger partial charge in [-0.1, -0.05) is 65.7 Å². The van der Waals surface area contributed by atoms with Crippen LogP contribution in [0.25, 0.3) is 0 Å². The fraction of sp³-hybridized carbons (Fsp3) is 0.538. The van der Waals surface area contributed by atoms with Crippen molar-refractivity contribution in [3.8, 4) is 0 Å². The minimum Gasteiger partial charge on any atom is -0.508 e. The number of hydrogen-bond acceptors (Lipinski definition) is 2. The molecule has 0 spiro atoms. The molecule has 0 atom stereocenters. The highest BCUT2D eigenvalue weighted by atomic mass is 19.3.